The second kappa shape index (κ2) is 8.10. The van der Waals surface area contributed by atoms with Gasteiger partial charge in [-0.25, -0.2) is 9.97 Å². The number of hydrogen-bond acceptors (Lipinski definition) is 4. The standard InChI is InChI=1S/C25H34N4O/c1-16(2)23-27-13-18(14-28-23)24(30)29-10-8-17-11-19(25(3,4)5)12-20(21(17)15-29)22-7-6-9-26-22/h11-14,16,22,26H,6-10,15H2,1-5H3/t22-/m0/s1. The van der Waals surface area contributed by atoms with Gasteiger partial charge in [-0.1, -0.05) is 46.8 Å². The van der Waals surface area contributed by atoms with Crippen molar-refractivity contribution in [1.82, 2.24) is 20.2 Å². The van der Waals surface area contributed by atoms with Gasteiger partial charge in [-0.2, -0.15) is 0 Å². The van der Waals surface area contributed by atoms with Gasteiger partial charge in [0.05, 0.1) is 5.56 Å². The molecule has 4 rings (SSSR count). The minimum absolute atomic E-state index is 0.0289. The van der Waals surface area contributed by atoms with E-state index in [1.807, 2.05) is 4.90 Å². The van der Waals surface area contributed by atoms with Gasteiger partial charge in [0.2, 0.25) is 0 Å². The van der Waals surface area contributed by atoms with E-state index in [1.54, 1.807) is 12.4 Å². The first-order valence-electron chi connectivity index (χ1n) is 11.2. The van der Waals surface area contributed by atoms with Crippen molar-refractivity contribution in [2.45, 2.75) is 77.8 Å². The van der Waals surface area contributed by atoms with Crippen LogP contribution in [-0.4, -0.2) is 33.9 Å². The second-order valence-electron chi connectivity index (χ2n) is 10.1. The van der Waals surface area contributed by atoms with Crippen molar-refractivity contribution in [1.29, 1.82) is 0 Å². The van der Waals surface area contributed by atoms with Gasteiger partial charge >= 0.3 is 0 Å². The Bertz CT molecular complexity index is 921. The highest BCUT2D eigenvalue weighted by Gasteiger charge is 2.30. The van der Waals surface area contributed by atoms with Gasteiger partial charge in [0, 0.05) is 37.4 Å². The first-order chi connectivity index (χ1) is 14.2. The third kappa shape index (κ3) is 4.13. The molecule has 1 fully saturated rings. The summed E-state index contributed by atoms with van der Waals surface area (Å²) in [4.78, 5) is 23.9. The van der Waals surface area contributed by atoms with Crippen LogP contribution < -0.4 is 5.32 Å². The van der Waals surface area contributed by atoms with Gasteiger partial charge < -0.3 is 10.2 Å². The smallest absolute Gasteiger partial charge is 0.257 e. The van der Waals surface area contributed by atoms with Crippen LogP contribution in [0.4, 0.5) is 0 Å². The number of carbonyl (C=O) groups is 1. The van der Waals surface area contributed by atoms with Gasteiger partial charge in [0.1, 0.15) is 5.82 Å². The molecule has 5 nitrogen and oxygen atoms in total. The van der Waals surface area contributed by atoms with Crippen LogP contribution in [0.1, 0.15) is 97.9 Å². The Hall–Kier alpha value is -2.27. The lowest BCUT2D eigenvalue weighted by Gasteiger charge is -2.34. The Balaban J connectivity index is 1.64. The van der Waals surface area contributed by atoms with Crippen molar-refractivity contribution < 1.29 is 4.79 Å². The molecule has 1 atom stereocenters. The quantitative estimate of drug-likeness (QED) is 0.814. The molecule has 1 N–H and O–H groups in total. The summed E-state index contributed by atoms with van der Waals surface area (Å²) in [7, 11) is 0. The minimum Gasteiger partial charge on any atom is -0.334 e. The molecule has 30 heavy (non-hydrogen) atoms. The lowest BCUT2D eigenvalue weighted by molar-refractivity contribution is 0.0732. The van der Waals surface area contributed by atoms with E-state index in [1.165, 1.54) is 35.1 Å². The fraction of sp³-hybridized carbons (Fsp3) is 0.560. The zero-order valence-corrected chi connectivity index (χ0v) is 19.0. The average Bonchev–Trinajstić information content (AvgIpc) is 3.26. The molecule has 0 aliphatic carbocycles. The fourth-order valence-corrected chi connectivity index (χ4v) is 4.49. The zero-order valence-electron chi connectivity index (χ0n) is 19.0. The highest BCUT2D eigenvalue weighted by molar-refractivity contribution is 5.93. The van der Waals surface area contributed by atoms with E-state index in [4.69, 9.17) is 0 Å². The second-order valence-corrected chi connectivity index (χ2v) is 10.1. The van der Waals surface area contributed by atoms with Crippen LogP contribution in [0.5, 0.6) is 0 Å². The molecule has 2 aliphatic heterocycles. The van der Waals surface area contributed by atoms with E-state index >= 15 is 0 Å². The topological polar surface area (TPSA) is 58.1 Å². The molecule has 1 amide bonds. The number of nitrogens with one attached hydrogen (secondary N) is 1. The first-order valence-corrected chi connectivity index (χ1v) is 11.2. The molecule has 2 aromatic rings. The summed E-state index contributed by atoms with van der Waals surface area (Å²) in [5.74, 6) is 1.07. The molecule has 160 valence electrons. The largest absolute Gasteiger partial charge is 0.334 e. The third-order valence-corrected chi connectivity index (χ3v) is 6.40. The van der Waals surface area contributed by atoms with E-state index in [0.717, 1.165) is 25.3 Å². The highest BCUT2D eigenvalue weighted by Crippen LogP contribution is 2.36. The molecule has 3 heterocycles. The van der Waals surface area contributed by atoms with Crippen molar-refractivity contribution in [2.24, 2.45) is 0 Å². The van der Waals surface area contributed by atoms with Crippen molar-refractivity contribution in [3.8, 4) is 0 Å². The Morgan fingerprint density at radius 1 is 1.20 bits per heavy atom. The molecule has 0 bridgehead atoms. The van der Waals surface area contributed by atoms with Gasteiger partial charge in [0.25, 0.3) is 5.91 Å². The summed E-state index contributed by atoms with van der Waals surface area (Å²) < 4.78 is 0. The van der Waals surface area contributed by atoms with Crippen LogP contribution in [0.15, 0.2) is 24.5 Å². The van der Waals surface area contributed by atoms with Crippen LogP contribution in [0.3, 0.4) is 0 Å². The summed E-state index contributed by atoms with van der Waals surface area (Å²) in [6, 6.07) is 5.15. The Morgan fingerprint density at radius 3 is 2.53 bits per heavy atom. The number of hydrogen-bond donors (Lipinski definition) is 1. The maximum atomic E-state index is 13.2. The number of amides is 1. The highest BCUT2D eigenvalue weighted by atomic mass is 16.2. The van der Waals surface area contributed by atoms with Crippen molar-refractivity contribution in [3.63, 3.8) is 0 Å². The number of carbonyl (C=O) groups excluding carboxylic acids is 1. The van der Waals surface area contributed by atoms with Gasteiger partial charge in [-0.05, 0) is 53.5 Å². The molecule has 0 radical (unpaired) electrons. The SMILES string of the molecule is CC(C)c1ncc(C(=O)N2CCc3cc(C(C)(C)C)cc([C@@H]4CCCN4)c3C2)cn1. The maximum absolute atomic E-state index is 13.2. The summed E-state index contributed by atoms with van der Waals surface area (Å²) in [6.45, 7) is 13.4. The molecule has 1 aromatic carbocycles. The number of fused-ring (bicyclic) bond motifs is 1. The lowest BCUT2D eigenvalue weighted by Crippen LogP contribution is -2.37. The lowest BCUT2D eigenvalue weighted by atomic mass is 9.80. The van der Waals surface area contributed by atoms with Crippen molar-refractivity contribution in [3.05, 3.63) is 58.2 Å². The fourth-order valence-electron chi connectivity index (χ4n) is 4.49. The average molecular weight is 407 g/mol. The molecule has 0 unspecified atom stereocenters. The third-order valence-electron chi connectivity index (χ3n) is 6.40. The molecular formula is C25H34N4O. The van der Waals surface area contributed by atoms with E-state index in [9.17, 15) is 4.79 Å². The molecule has 0 saturated carbocycles. The van der Waals surface area contributed by atoms with Gasteiger partial charge in [0.15, 0.2) is 0 Å². The van der Waals surface area contributed by atoms with Gasteiger partial charge in [-0.15, -0.1) is 0 Å². The van der Waals surface area contributed by atoms with Crippen LogP contribution >= 0.6 is 0 Å². The number of aromatic nitrogens is 2. The number of rotatable bonds is 3. The Morgan fingerprint density at radius 2 is 1.93 bits per heavy atom. The minimum atomic E-state index is 0.0289. The van der Waals surface area contributed by atoms with E-state index < -0.39 is 0 Å². The normalized spacial score (nSPS) is 19.3. The monoisotopic (exact) mass is 406 g/mol. The molecule has 0 spiro atoms. The van der Waals surface area contributed by atoms with E-state index in [0.29, 0.717) is 18.2 Å². The van der Waals surface area contributed by atoms with E-state index in [2.05, 4.69) is 62.0 Å². The zero-order chi connectivity index (χ0) is 21.5. The van der Waals surface area contributed by atoms with Gasteiger partial charge in [-0.3, -0.25) is 4.79 Å². The van der Waals surface area contributed by atoms with Crippen molar-refractivity contribution >= 4 is 5.91 Å². The van der Waals surface area contributed by atoms with Crippen LogP contribution in [0.25, 0.3) is 0 Å². The van der Waals surface area contributed by atoms with Crippen LogP contribution in [-0.2, 0) is 18.4 Å². The van der Waals surface area contributed by atoms with E-state index in [-0.39, 0.29) is 17.2 Å². The maximum Gasteiger partial charge on any atom is 0.257 e. The van der Waals surface area contributed by atoms with Crippen LogP contribution in [0, 0.1) is 0 Å². The van der Waals surface area contributed by atoms with Crippen LogP contribution in [0.2, 0.25) is 0 Å². The summed E-state index contributed by atoms with van der Waals surface area (Å²) in [5, 5.41) is 3.67. The Kier molecular flexibility index (Phi) is 5.67. The summed E-state index contributed by atoms with van der Waals surface area (Å²) in [6.07, 6.45) is 6.64. The Labute approximate surface area is 180 Å². The molecule has 1 aromatic heterocycles. The summed E-state index contributed by atoms with van der Waals surface area (Å²) in [5.41, 5.74) is 6.21. The number of nitrogens with zero attached hydrogens (tertiary/aromatic N) is 3. The molecular weight excluding hydrogens is 372 g/mol. The molecule has 2 aliphatic rings. The molecule has 1 saturated heterocycles. The summed E-state index contributed by atoms with van der Waals surface area (Å²) >= 11 is 0. The van der Waals surface area contributed by atoms with Crippen molar-refractivity contribution in [2.75, 3.05) is 13.1 Å². The predicted octanol–water partition coefficient (Wildman–Crippen LogP) is 4.52. The number of benzene rings is 1. The first kappa shape index (κ1) is 21.0. The molecule has 5 heteroatoms. The predicted molar refractivity (Wildman–Crippen MR) is 120 cm³/mol.